The van der Waals surface area contributed by atoms with E-state index in [1.54, 1.807) is 0 Å². The zero-order valence-electron chi connectivity index (χ0n) is 10.2. The number of hydrogen-bond acceptors (Lipinski definition) is 2. The van der Waals surface area contributed by atoms with Crippen LogP contribution in [0.15, 0.2) is 4.79 Å². The minimum absolute atomic E-state index is 0.162. The Morgan fingerprint density at radius 3 is 2.56 bits per heavy atom. The monoisotopic (exact) mass is 220 g/mol. The van der Waals surface area contributed by atoms with Crippen LogP contribution in [0.4, 0.5) is 0 Å². The third kappa shape index (κ3) is 2.81. The van der Waals surface area contributed by atoms with Gasteiger partial charge >= 0.3 is 0 Å². The molecule has 0 aliphatic carbocycles. The van der Waals surface area contributed by atoms with Crippen LogP contribution in [0.2, 0.25) is 0 Å². The molecule has 0 amide bonds. The van der Waals surface area contributed by atoms with Crippen LogP contribution < -0.4 is 16.1 Å². The number of unbranched alkanes of at least 4 members (excludes halogenated alkanes) is 1. The van der Waals surface area contributed by atoms with Crippen molar-refractivity contribution in [1.29, 1.82) is 0 Å². The van der Waals surface area contributed by atoms with Crippen molar-refractivity contribution in [2.24, 2.45) is 0 Å². The lowest BCUT2D eigenvalue weighted by molar-refractivity contribution is 0.539. The number of rotatable bonds is 5. The van der Waals surface area contributed by atoms with E-state index in [4.69, 9.17) is 0 Å². The summed E-state index contributed by atoms with van der Waals surface area (Å²) in [7, 11) is 0. The largest absolute Gasteiger partial charge is 0.310 e. The summed E-state index contributed by atoms with van der Waals surface area (Å²) in [5.41, 5.74) is -0.162. The van der Waals surface area contributed by atoms with Crippen molar-refractivity contribution in [3.8, 4) is 0 Å². The van der Waals surface area contributed by atoms with Gasteiger partial charge in [0.25, 0.3) is 5.56 Å². The topological polar surface area (TPSA) is 45.8 Å². The molecule has 0 saturated carbocycles. The van der Waals surface area contributed by atoms with Crippen LogP contribution in [-0.2, 0) is 0 Å². The molecule has 1 unspecified atom stereocenters. The van der Waals surface area contributed by atoms with E-state index in [-0.39, 0.29) is 5.56 Å². The Bertz CT molecular complexity index is 455. The van der Waals surface area contributed by atoms with E-state index in [0.717, 1.165) is 31.5 Å². The van der Waals surface area contributed by atoms with E-state index >= 15 is 0 Å². The third-order valence-electron chi connectivity index (χ3n) is 2.91. The second-order valence-electron chi connectivity index (χ2n) is 4.12. The molecular weight excluding hydrogens is 200 g/mol. The van der Waals surface area contributed by atoms with Gasteiger partial charge in [-0.25, -0.2) is 4.98 Å². The molecule has 3 heteroatoms. The van der Waals surface area contributed by atoms with Crippen molar-refractivity contribution in [3.63, 3.8) is 0 Å². The number of nitrogens with one attached hydrogen (secondary N) is 1. The second-order valence-corrected chi connectivity index (χ2v) is 4.12. The van der Waals surface area contributed by atoms with Crippen molar-refractivity contribution in [2.45, 2.75) is 45.4 Å². The molecule has 0 radical (unpaired) electrons. The van der Waals surface area contributed by atoms with Crippen LogP contribution in [0, 0.1) is 0 Å². The minimum atomic E-state index is -0.162. The minimum Gasteiger partial charge on any atom is -0.310 e. The summed E-state index contributed by atoms with van der Waals surface area (Å²) in [4.78, 5) is 18.7. The predicted molar refractivity (Wildman–Crippen MR) is 67.7 cm³/mol. The molecule has 1 atom stereocenters. The van der Waals surface area contributed by atoms with Gasteiger partial charge in [-0.1, -0.05) is 39.8 Å². The van der Waals surface area contributed by atoms with E-state index in [0.29, 0.717) is 16.5 Å². The Morgan fingerprint density at radius 1 is 1.38 bits per heavy atom. The van der Waals surface area contributed by atoms with Crippen molar-refractivity contribution in [3.05, 3.63) is 26.7 Å². The fourth-order valence-electron chi connectivity index (χ4n) is 1.74. The smallest absolute Gasteiger partial charge is 0.258 e. The lowest BCUT2D eigenvalue weighted by Gasteiger charge is -2.12. The Balaban J connectivity index is 3.07. The summed E-state index contributed by atoms with van der Waals surface area (Å²) in [5.74, 6) is 1.09. The van der Waals surface area contributed by atoms with Gasteiger partial charge in [0.2, 0.25) is 0 Å². The molecule has 1 aromatic rings. The molecule has 3 nitrogen and oxygen atoms in total. The molecule has 0 bridgehead atoms. The number of H-pyrrole nitrogens is 1. The standard InChI is InChI=1S/C13H20N2O/c1-5-7-8-11(6-2)12-14-10(4)9(3)13(16)15-12/h11H,3-8H2,1-2H3,(H,14,15,16). The fourth-order valence-corrected chi connectivity index (χ4v) is 1.74. The molecule has 0 aromatic carbocycles. The average molecular weight is 220 g/mol. The molecule has 16 heavy (non-hydrogen) atoms. The van der Waals surface area contributed by atoms with Crippen molar-refractivity contribution in [2.75, 3.05) is 0 Å². The normalized spacial score (nSPS) is 12.6. The lowest BCUT2D eigenvalue weighted by atomic mass is 9.98. The number of nitrogens with zero attached hydrogens (tertiary/aromatic N) is 1. The molecule has 0 fully saturated rings. The van der Waals surface area contributed by atoms with E-state index in [9.17, 15) is 4.79 Å². The van der Waals surface area contributed by atoms with Crippen molar-refractivity contribution < 1.29 is 0 Å². The van der Waals surface area contributed by atoms with E-state index in [1.165, 1.54) is 0 Å². The molecule has 1 aromatic heterocycles. The van der Waals surface area contributed by atoms with E-state index < -0.39 is 0 Å². The summed E-state index contributed by atoms with van der Waals surface area (Å²) >= 11 is 0. The summed E-state index contributed by atoms with van der Waals surface area (Å²) < 4.78 is 0. The second kappa shape index (κ2) is 5.64. The van der Waals surface area contributed by atoms with Gasteiger partial charge < -0.3 is 4.98 Å². The van der Waals surface area contributed by atoms with E-state index in [2.05, 4.69) is 37.0 Å². The summed E-state index contributed by atoms with van der Waals surface area (Å²) in [6, 6.07) is 0. The third-order valence-corrected chi connectivity index (χ3v) is 2.91. The first-order valence-corrected chi connectivity index (χ1v) is 5.88. The Morgan fingerprint density at radius 2 is 2.06 bits per heavy atom. The van der Waals surface area contributed by atoms with Gasteiger partial charge in [0, 0.05) is 5.92 Å². The average Bonchev–Trinajstić information content (AvgIpc) is 2.26. The Labute approximate surface area is 95.9 Å². The van der Waals surface area contributed by atoms with Crippen LogP contribution in [0.1, 0.15) is 51.3 Å². The molecule has 1 N–H and O–H groups in total. The summed E-state index contributed by atoms with van der Waals surface area (Å²) in [6.07, 6.45) is 4.36. The highest BCUT2D eigenvalue weighted by Gasteiger charge is 2.11. The van der Waals surface area contributed by atoms with Crippen LogP contribution in [0.3, 0.4) is 0 Å². The molecule has 1 heterocycles. The maximum Gasteiger partial charge on any atom is 0.258 e. The van der Waals surface area contributed by atoms with Crippen LogP contribution >= 0.6 is 0 Å². The SMILES string of the molecule is C=c1nc(C(CC)CCCC)[nH]c(=O)c1=C. The fraction of sp³-hybridized carbons (Fsp3) is 0.538. The predicted octanol–water partition coefficient (Wildman–Crippen LogP) is 1.27. The number of hydrogen-bond donors (Lipinski definition) is 1. The van der Waals surface area contributed by atoms with Gasteiger partial charge in [0.05, 0.1) is 10.6 Å². The molecule has 1 rings (SSSR count). The maximum atomic E-state index is 11.6. The van der Waals surface area contributed by atoms with Gasteiger partial charge in [0.15, 0.2) is 0 Å². The van der Waals surface area contributed by atoms with Crippen molar-refractivity contribution >= 4 is 13.2 Å². The van der Waals surface area contributed by atoms with Crippen LogP contribution in [0.5, 0.6) is 0 Å². The van der Waals surface area contributed by atoms with Gasteiger partial charge in [-0.15, -0.1) is 0 Å². The zero-order chi connectivity index (χ0) is 12.1. The van der Waals surface area contributed by atoms with Gasteiger partial charge in [-0.3, -0.25) is 4.79 Å². The Hall–Kier alpha value is -1.38. The van der Waals surface area contributed by atoms with Gasteiger partial charge in [-0.2, -0.15) is 0 Å². The molecule has 0 aliphatic rings. The highest BCUT2D eigenvalue weighted by molar-refractivity contribution is 5.09. The quantitative estimate of drug-likeness (QED) is 0.812. The summed E-state index contributed by atoms with van der Waals surface area (Å²) in [5, 5.41) is 0.864. The highest BCUT2D eigenvalue weighted by atomic mass is 16.1. The lowest BCUT2D eigenvalue weighted by Crippen LogP contribution is -2.42. The van der Waals surface area contributed by atoms with E-state index in [1.807, 2.05) is 0 Å². The number of aromatic nitrogens is 2. The first-order chi connectivity index (χ1) is 7.60. The molecule has 0 aliphatic heterocycles. The molecule has 0 saturated heterocycles. The maximum absolute atomic E-state index is 11.6. The molecule has 0 spiro atoms. The van der Waals surface area contributed by atoms with Gasteiger partial charge in [-0.05, 0) is 12.8 Å². The Kier molecular flexibility index (Phi) is 4.47. The summed E-state index contributed by atoms with van der Waals surface area (Å²) in [6.45, 7) is 11.7. The van der Waals surface area contributed by atoms with Gasteiger partial charge in [0.1, 0.15) is 5.82 Å². The molecule has 88 valence electrons. The first kappa shape index (κ1) is 12.7. The van der Waals surface area contributed by atoms with Crippen LogP contribution in [-0.4, -0.2) is 9.97 Å². The number of aromatic amines is 1. The van der Waals surface area contributed by atoms with Crippen LogP contribution in [0.25, 0.3) is 13.2 Å². The first-order valence-electron chi connectivity index (χ1n) is 5.88. The highest BCUT2D eigenvalue weighted by Crippen LogP contribution is 2.20. The zero-order valence-corrected chi connectivity index (χ0v) is 10.2. The molecular formula is C13H20N2O. The van der Waals surface area contributed by atoms with Crippen molar-refractivity contribution in [1.82, 2.24) is 9.97 Å².